The third-order valence-corrected chi connectivity index (χ3v) is 8.06. The first kappa shape index (κ1) is 29.8. The van der Waals surface area contributed by atoms with E-state index in [-0.39, 0.29) is 36.7 Å². The Balaban J connectivity index is 2.62. The van der Waals surface area contributed by atoms with Crippen LogP contribution in [0.2, 0.25) is 0 Å². The molecule has 1 fully saturated rings. The van der Waals surface area contributed by atoms with Crippen molar-refractivity contribution in [3.63, 3.8) is 0 Å². The summed E-state index contributed by atoms with van der Waals surface area (Å²) in [6.07, 6.45) is -0.893. The highest BCUT2D eigenvalue weighted by atomic mass is 127. The largest absolute Gasteiger partial charge is 0.394 e. The number of hydrogen-bond donors (Lipinski definition) is 6. The molecule has 1 saturated heterocycles. The molecule has 34 heavy (non-hydrogen) atoms. The molecule has 0 bridgehead atoms. The molecule has 0 aromatic heterocycles. The average molecular weight is 817 g/mol. The van der Waals surface area contributed by atoms with Crippen molar-refractivity contribution in [3.05, 3.63) is 21.8 Å². The van der Waals surface area contributed by atoms with Gasteiger partial charge in [0, 0.05) is 29.8 Å². The maximum atomic E-state index is 13.1. The number of carbonyl (C=O) groups is 3. The van der Waals surface area contributed by atoms with E-state index in [1.54, 1.807) is 0 Å². The topological polar surface area (TPSA) is 169 Å². The number of aliphatic hydroxyl groups is 4. The van der Waals surface area contributed by atoms with Crippen LogP contribution in [-0.2, 0) is 9.53 Å². The molecule has 0 radical (unpaired) electrons. The standard InChI is InChI=1S/C20H26I3N3O8/c21-15-13(19(32)24-5-10(29)7-27)16(22)18(26-3-1-2-4-34-9-12(26)31)17(23)14(15)20(33)25-6-11(30)8-28/h10-11,27-30H,1-9H2,(H,24,32)(H,25,33). The lowest BCUT2D eigenvalue weighted by Crippen LogP contribution is -2.40. The summed E-state index contributed by atoms with van der Waals surface area (Å²) in [6, 6.07) is 0. The number of anilines is 1. The highest BCUT2D eigenvalue weighted by Gasteiger charge is 2.32. The number of amides is 3. The molecule has 2 rings (SSSR count). The van der Waals surface area contributed by atoms with Crippen LogP contribution >= 0.6 is 67.8 Å². The molecule has 0 aliphatic carbocycles. The van der Waals surface area contributed by atoms with E-state index in [2.05, 4.69) is 10.6 Å². The Labute approximate surface area is 237 Å². The molecule has 2 atom stereocenters. The second-order valence-electron chi connectivity index (χ2n) is 7.44. The number of nitrogens with zero attached hydrogens (tertiary/aromatic N) is 1. The number of aliphatic hydroxyl groups excluding tert-OH is 4. The van der Waals surface area contributed by atoms with Crippen LogP contribution in [0.1, 0.15) is 33.6 Å². The first-order chi connectivity index (χ1) is 16.1. The maximum absolute atomic E-state index is 13.1. The van der Waals surface area contributed by atoms with Crippen molar-refractivity contribution in [2.45, 2.75) is 25.0 Å². The van der Waals surface area contributed by atoms with E-state index in [0.29, 0.717) is 36.0 Å². The lowest BCUT2D eigenvalue weighted by atomic mass is 10.1. The molecule has 0 saturated carbocycles. The van der Waals surface area contributed by atoms with Crippen molar-refractivity contribution in [1.29, 1.82) is 0 Å². The third kappa shape index (κ3) is 7.56. The van der Waals surface area contributed by atoms with Gasteiger partial charge in [-0.3, -0.25) is 14.4 Å². The van der Waals surface area contributed by atoms with Crippen molar-refractivity contribution < 1.29 is 39.5 Å². The molecule has 11 nitrogen and oxygen atoms in total. The first-order valence-corrected chi connectivity index (χ1v) is 13.6. The Morgan fingerprint density at radius 1 is 0.912 bits per heavy atom. The molecule has 1 aromatic carbocycles. The number of hydrogen-bond acceptors (Lipinski definition) is 8. The van der Waals surface area contributed by atoms with Gasteiger partial charge in [-0.25, -0.2) is 0 Å². The van der Waals surface area contributed by atoms with Crippen LogP contribution in [-0.4, -0.2) is 96.4 Å². The molecule has 1 aliphatic rings. The Morgan fingerprint density at radius 3 is 1.88 bits per heavy atom. The van der Waals surface area contributed by atoms with E-state index in [4.69, 9.17) is 14.9 Å². The lowest BCUT2D eigenvalue weighted by molar-refractivity contribution is -0.123. The van der Waals surface area contributed by atoms with Gasteiger partial charge in [-0.05, 0) is 80.6 Å². The van der Waals surface area contributed by atoms with Gasteiger partial charge in [0.15, 0.2) is 0 Å². The molecule has 6 N–H and O–H groups in total. The van der Waals surface area contributed by atoms with E-state index in [1.807, 2.05) is 67.8 Å². The van der Waals surface area contributed by atoms with E-state index in [0.717, 1.165) is 6.42 Å². The molecule has 1 aromatic rings. The van der Waals surface area contributed by atoms with Gasteiger partial charge in [-0.15, -0.1) is 0 Å². The van der Waals surface area contributed by atoms with Crippen LogP contribution in [0.15, 0.2) is 0 Å². The molecular formula is C20H26I3N3O8. The van der Waals surface area contributed by atoms with E-state index in [9.17, 15) is 24.6 Å². The van der Waals surface area contributed by atoms with Gasteiger partial charge in [0.1, 0.15) is 6.61 Å². The van der Waals surface area contributed by atoms with Gasteiger partial charge in [-0.2, -0.15) is 0 Å². The average Bonchev–Trinajstić information content (AvgIpc) is 2.79. The fraction of sp³-hybridized carbons (Fsp3) is 0.550. The zero-order valence-electron chi connectivity index (χ0n) is 18.0. The van der Waals surface area contributed by atoms with Crippen molar-refractivity contribution in [1.82, 2.24) is 10.6 Å². The summed E-state index contributed by atoms with van der Waals surface area (Å²) in [5, 5.41) is 42.4. The van der Waals surface area contributed by atoms with Crippen molar-refractivity contribution in [3.8, 4) is 0 Å². The van der Waals surface area contributed by atoms with Crippen LogP contribution in [0.5, 0.6) is 0 Å². The van der Waals surface area contributed by atoms with Gasteiger partial charge in [0.25, 0.3) is 17.7 Å². The second-order valence-corrected chi connectivity index (χ2v) is 10.7. The number of halogens is 3. The molecule has 0 spiro atoms. The van der Waals surface area contributed by atoms with Crippen molar-refractivity contribution in [2.24, 2.45) is 0 Å². The van der Waals surface area contributed by atoms with Gasteiger partial charge >= 0.3 is 0 Å². The molecule has 1 heterocycles. The molecule has 2 unspecified atom stereocenters. The smallest absolute Gasteiger partial charge is 0.253 e. The van der Waals surface area contributed by atoms with E-state index in [1.165, 1.54) is 4.90 Å². The molecule has 14 heteroatoms. The van der Waals surface area contributed by atoms with Crippen LogP contribution in [0.3, 0.4) is 0 Å². The zero-order valence-corrected chi connectivity index (χ0v) is 24.5. The molecule has 190 valence electrons. The first-order valence-electron chi connectivity index (χ1n) is 10.4. The quantitative estimate of drug-likeness (QED) is 0.187. The summed E-state index contributed by atoms with van der Waals surface area (Å²) >= 11 is 5.81. The minimum Gasteiger partial charge on any atom is -0.394 e. The maximum Gasteiger partial charge on any atom is 0.253 e. The fourth-order valence-electron chi connectivity index (χ4n) is 3.09. The lowest BCUT2D eigenvalue weighted by Gasteiger charge is -2.29. The number of nitrogens with one attached hydrogen (secondary N) is 2. The molecule has 1 aliphatic heterocycles. The Morgan fingerprint density at radius 2 is 1.41 bits per heavy atom. The van der Waals surface area contributed by atoms with Crippen LogP contribution in [0.4, 0.5) is 5.69 Å². The number of ether oxygens (including phenoxy) is 1. The van der Waals surface area contributed by atoms with Crippen LogP contribution in [0, 0.1) is 10.7 Å². The normalized spacial score (nSPS) is 16.4. The monoisotopic (exact) mass is 817 g/mol. The summed E-state index contributed by atoms with van der Waals surface area (Å²) in [6.45, 7) is -0.754. The second kappa shape index (κ2) is 14.4. The summed E-state index contributed by atoms with van der Waals surface area (Å²) < 4.78 is 6.61. The summed E-state index contributed by atoms with van der Waals surface area (Å²) in [4.78, 5) is 40.6. The highest BCUT2D eigenvalue weighted by Crippen LogP contribution is 2.38. The third-order valence-electron chi connectivity index (χ3n) is 4.88. The summed E-state index contributed by atoms with van der Waals surface area (Å²) in [5.41, 5.74) is 0.689. The molecule has 3 amide bonds. The Kier molecular flexibility index (Phi) is 12.6. The predicted molar refractivity (Wildman–Crippen MR) is 148 cm³/mol. The molecular weight excluding hydrogens is 791 g/mol. The van der Waals surface area contributed by atoms with E-state index >= 15 is 0 Å². The van der Waals surface area contributed by atoms with E-state index < -0.39 is 37.2 Å². The van der Waals surface area contributed by atoms with Crippen LogP contribution in [0.25, 0.3) is 0 Å². The zero-order chi connectivity index (χ0) is 25.4. The predicted octanol–water partition coefficient (Wildman–Crippen LogP) is -0.190. The summed E-state index contributed by atoms with van der Waals surface area (Å²) in [5.74, 6) is -1.47. The Bertz CT molecular complexity index is 865. The van der Waals surface area contributed by atoms with Gasteiger partial charge in [-0.1, -0.05) is 0 Å². The van der Waals surface area contributed by atoms with Crippen molar-refractivity contribution in [2.75, 3.05) is 51.0 Å². The number of rotatable bonds is 9. The van der Waals surface area contributed by atoms with Gasteiger partial charge in [0.05, 0.1) is 49.4 Å². The minimum absolute atomic E-state index is 0.132. The highest BCUT2D eigenvalue weighted by molar-refractivity contribution is 14.1. The van der Waals surface area contributed by atoms with Gasteiger partial charge < -0.3 is 40.7 Å². The minimum atomic E-state index is -1.15. The van der Waals surface area contributed by atoms with Crippen molar-refractivity contribution >= 4 is 91.2 Å². The fourth-order valence-corrected chi connectivity index (χ4v) is 7.81. The SMILES string of the molecule is O=C(NCC(O)CO)c1c(I)c(C(=O)NCC(O)CO)c(I)c(N2CCCCOCC2=O)c1I. The number of benzene rings is 1. The number of carbonyl (C=O) groups excluding carboxylic acids is 3. The Hall–Kier alpha value is -0.380. The van der Waals surface area contributed by atoms with Gasteiger partial charge in [0.2, 0.25) is 0 Å². The van der Waals surface area contributed by atoms with Crippen LogP contribution < -0.4 is 15.5 Å². The summed E-state index contributed by atoms with van der Waals surface area (Å²) in [7, 11) is 0.